The number of nitrogens with zero attached hydrogens (tertiary/aromatic N) is 2. The van der Waals surface area contributed by atoms with E-state index in [-0.39, 0.29) is 17.1 Å². The summed E-state index contributed by atoms with van der Waals surface area (Å²) in [7, 11) is 1.92. The first-order valence-corrected chi connectivity index (χ1v) is 7.07. The third kappa shape index (κ3) is 2.99. The van der Waals surface area contributed by atoms with Gasteiger partial charge in [-0.05, 0) is 19.2 Å². The standard InChI is InChI=1S/C13H16BrF2N3O/c1-18-2-3-19(9(6-17)7-18)13(20)12-10(15)4-8(14)5-11(12)16/h4-5,9H,2-3,6-7,17H2,1H3. The van der Waals surface area contributed by atoms with Gasteiger partial charge in [-0.3, -0.25) is 4.79 Å². The van der Waals surface area contributed by atoms with Crippen LogP contribution in [-0.2, 0) is 0 Å². The van der Waals surface area contributed by atoms with E-state index in [0.29, 0.717) is 19.6 Å². The molecule has 110 valence electrons. The third-order valence-electron chi connectivity index (χ3n) is 3.44. The molecule has 0 spiro atoms. The molecule has 4 nitrogen and oxygen atoms in total. The van der Waals surface area contributed by atoms with E-state index < -0.39 is 23.1 Å². The van der Waals surface area contributed by atoms with Gasteiger partial charge in [-0.2, -0.15) is 0 Å². The molecule has 0 aromatic heterocycles. The molecule has 1 unspecified atom stereocenters. The first kappa shape index (κ1) is 15.3. The number of piperazine rings is 1. The summed E-state index contributed by atoms with van der Waals surface area (Å²) in [6.45, 7) is 1.92. The van der Waals surface area contributed by atoms with E-state index in [0.717, 1.165) is 12.1 Å². The summed E-state index contributed by atoms with van der Waals surface area (Å²) >= 11 is 2.99. The van der Waals surface area contributed by atoms with Crippen LogP contribution in [0.25, 0.3) is 0 Å². The zero-order valence-corrected chi connectivity index (χ0v) is 12.7. The van der Waals surface area contributed by atoms with Gasteiger partial charge in [0.2, 0.25) is 0 Å². The van der Waals surface area contributed by atoms with Crippen LogP contribution in [0, 0.1) is 11.6 Å². The van der Waals surface area contributed by atoms with Gasteiger partial charge in [0.1, 0.15) is 17.2 Å². The van der Waals surface area contributed by atoms with Gasteiger partial charge >= 0.3 is 0 Å². The van der Waals surface area contributed by atoms with Crippen LogP contribution in [0.1, 0.15) is 10.4 Å². The number of carbonyl (C=O) groups is 1. The summed E-state index contributed by atoms with van der Waals surface area (Å²) in [5.74, 6) is -2.37. The molecule has 1 atom stereocenters. The number of hydrogen-bond donors (Lipinski definition) is 1. The van der Waals surface area contributed by atoms with Crippen molar-refractivity contribution in [3.63, 3.8) is 0 Å². The maximum atomic E-state index is 13.9. The largest absolute Gasteiger partial charge is 0.332 e. The average Bonchev–Trinajstić information content (AvgIpc) is 2.37. The van der Waals surface area contributed by atoms with Gasteiger partial charge in [0.15, 0.2) is 0 Å². The van der Waals surface area contributed by atoms with Gasteiger partial charge in [-0.1, -0.05) is 15.9 Å². The molecular formula is C13H16BrF2N3O. The number of halogens is 3. The van der Waals surface area contributed by atoms with Crippen molar-refractivity contribution in [3.05, 3.63) is 33.8 Å². The molecule has 1 aliphatic rings. The second kappa shape index (κ2) is 6.15. The minimum Gasteiger partial charge on any atom is -0.332 e. The lowest BCUT2D eigenvalue weighted by atomic mass is 10.1. The second-order valence-electron chi connectivity index (χ2n) is 4.89. The second-order valence-corrected chi connectivity index (χ2v) is 5.81. The van der Waals surface area contributed by atoms with Gasteiger partial charge in [-0.15, -0.1) is 0 Å². The lowest BCUT2D eigenvalue weighted by Crippen LogP contribution is -2.57. The molecule has 1 aromatic carbocycles. The van der Waals surface area contributed by atoms with Crippen LogP contribution in [0.15, 0.2) is 16.6 Å². The van der Waals surface area contributed by atoms with E-state index in [1.807, 2.05) is 11.9 Å². The molecule has 1 aromatic rings. The Morgan fingerprint density at radius 1 is 1.40 bits per heavy atom. The van der Waals surface area contributed by atoms with Gasteiger partial charge in [0.05, 0.1) is 6.04 Å². The number of likely N-dealkylation sites (N-methyl/N-ethyl adjacent to an activating group) is 1. The zero-order valence-electron chi connectivity index (χ0n) is 11.1. The van der Waals surface area contributed by atoms with E-state index in [9.17, 15) is 13.6 Å². The molecule has 1 fully saturated rings. The summed E-state index contributed by atoms with van der Waals surface area (Å²) in [6, 6.07) is 1.94. The van der Waals surface area contributed by atoms with Crippen LogP contribution in [-0.4, -0.2) is 55.0 Å². The van der Waals surface area contributed by atoms with E-state index >= 15 is 0 Å². The van der Waals surface area contributed by atoms with E-state index in [4.69, 9.17) is 5.73 Å². The molecule has 1 amide bonds. The Bertz CT molecular complexity index is 503. The summed E-state index contributed by atoms with van der Waals surface area (Å²) in [4.78, 5) is 15.9. The van der Waals surface area contributed by atoms with E-state index in [1.54, 1.807) is 0 Å². The Hall–Kier alpha value is -1.05. The topological polar surface area (TPSA) is 49.6 Å². The number of hydrogen-bond acceptors (Lipinski definition) is 3. The van der Waals surface area contributed by atoms with Crippen molar-refractivity contribution in [1.82, 2.24) is 9.80 Å². The number of rotatable bonds is 2. The first-order chi connectivity index (χ1) is 9.43. The highest BCUT2D eigenvalue weighted by Crippen LogP contribution is 2.22. The number of amides is 1. The Labute approximate surface area is 124 Å². The Morgan fingerprint density at radius 2 is 2.00 bits per heavy atom. The fraction of sp³-hybridized carbons (Fsp3) is 0.462. The third-order valence-corrected chi connectivity index (χ3v) is 3.90. The van der Waals surface area contributed by atoms with Crippen molar-refractivity contribution in [1.29, 1.82) is 0 Å². The van der Waals surface area contributed by atoms with Crippen molar-refractivity contribution in [2.75, 3.05) is 33.2 Å². The summed E-state index contributed by atoms with van der Waals surface area (Å²) in [6.07, 6.45) is 0. The van der Waals surface area contributed by atoms with Crippen LogP contribution in [0.3, 0.4) is 0 Å². The van der Waals surface area contributed by atoms with E-state index in [2.05, 4.69) is 15.9 Å². The van der Waals surface area contributed by atoms with Crippen molar-refractivity contribution >= 4 is 21.8 Å². The molecule has 20 heavy (non-hydrogen) atoms. The van der Waals surface area contributed by atoms with Crippen molar-refractivity contribution in [2.45, 2.75) is 6.04 Å². The quantitative estimate of drug-likeness (QED) is 0.880. The molecule has 0 radical (unpaired) electrons. The average molecular weight is 348 g/mol. The highest BCUT2D eigenvalue weighted by atomic mass is 79.9. The van der Waals surface area contributed by atoms with Crippen molar-refractivity contribution in [2.24, 2.45) is 5.73 Å². The van der Waals surface area contributed by atoms with Crippen LogP contribution in [0.2, 0.25) is 0 Å². The van der Waals surface area contributed by atoms with Crippen LogP contribution in [0.5, 0.6) is 0 Å². The molecule has 7 heteroatoms. The van der Waals surface area contributed by atoms with Crippen LogP contribution >= 0.6 is 15.9 Å². The SMILES string of the molecule is CN1CCN(C(=O)c2c(F)cc(Br)cc2F)C(CN)C1. The Morgan fingerprint density at radius 3 is 2.55 bits per heavy atom. The molecule has 1 aliphatic heterocycles. The number of nitrogens with two attached hydrogens (primary N) is 1. The number of benzene rings is 1. The molecule has 1 heterocycles. The van der Waals surface area contributed by atoms with Crippen LogP contribution < -0.4 is 5.73 Å². The fourth-order valence-electron chi connectivity index (χ4n) is 2.37. The molecule has 0 bridgehead atoms. The molecule has 2 rings (SSSR count). The predicted octanol–water partition coefficient (Wildman–Crippen LogP) is 1.44. The zero-order chi connectivity index (χ0) is 14.9. The molecule has 0 aliphatic carbocycles. The maximum absolute atomic E-state index is 13.9. The number of carbonyl (C=O) groups excluding carboxylic acids is 1. The normalized spacial score (nSPS) is 20.2. The highest BCUT2D eigenvalue weighted by Gasteiger charge is 2.31. The lowest BCUT2D eigenvalue weighted by Gasteiger charge is -2.39. The van der Waals surface area contributed by atoms with Gasteiger partial charge in [0, 0.05) is 30.7 Å². The van der Waals surface area contributed by atoms with Crippen molar-refractivity contribution in [3.8, 4) is 0 Å². The Balaban J connectivity index is 2.31. The smallest absolute Gasteiger partial charge is 0.260 e. The van der Waals surface area contributed by atoms with Gasteiger partial charge in [-0.25, -0.2) is 8.78 Å². The van der Waals surface area contributed by atoms with Crippen molar-refractivity contribution < 1.29 is 13.6 Å². The predicted molar refractivity (Wildman–Crippen MR) is 75.4 cm³/mol. The minimum absolute atomic E-state index is 0.233. The monoisotopic (exact) mass is 347 g/mol. The van der Waals surface area contributed by atoms with Gasteiger partial charge < -0.3 is 15.5 Å². The first-order valence-electron chi connectivity index (χ1n) is 6.28. The summed E-state index contributed by atoms with van der Waals surface area (Å²) in [5.41, 5.74) is 5.14. The van der Waals surface area contributed by atoms with Gasteiger partial charge in [0.25, 0.3) is 5.91 Å². The summed E-state index contributed by atoms with van der Waals surface area (Å²) in [5, 5.41) is 0. The lowest BCUT2D eigenvalue weighted by molar-refractivity contribution is 0.0506. The maximum Gasteiger partial charge on any atom is 0.260 e. The fourth-order valence-corrected chi connectivity index (χ4v) is 2.77. The molecule has 0 saturated carbocycles. The minimum atomic E-state index is -0.864. The molecular weight excluding hydrogens is 332 g/mol. The Kier molecular flexibility index (Phi) is 4.72. The van der Waals surface area contributed by atoms with Crippen LogP contribution in [0.4, 0.5) is 8.78 Å². The molecule has 1 saturated heterocycles. The molecule has 2 N–H and O–H groups in total. The van der Waals surface area contributed by atoms with E-state index in [1.165, 1.54) is 4.90 Å². The highest BCUT2D eigenvalue weighted by molar-refractivity contribution is 9.10. The summed E-state index contributed by atoms with van der Waals surface area (Å²) < 4.78 is 28.0.